The molecule has 0 saturated heterocycles. The van der Waals surface area contributed by atoms with Crippen molar-refractivity contribution in [2.75, 3.05) is 4.90 Å². The van der Waals surface area contributed by atoms with Gasteiger partial charge >= 0.3 is 0 Å². The van der Waals surface area contributed by atoms with Crippen molar-refractivity contribution in [3.05, 3.63) is 53.1 Å². The fraction of sp³-hybridized carbons (Fsp3) is 0.214. The third-order valence-corrected chi connectivity index (χ3v) is 3.53. The average molecular weight is 274 g/mol. The van der Waals surface area contributed by atoms with Crippen LogP contribution in [-0.2, 0) is 6.42 Å². The highest BCUT2D eigenvalue weighted by Gasteiger charge is 2.31. The van der Waals surface area contributed by atoms with Gasteiger partial charge < -0.3 is 4.90 Å². The Morgan fingerprint density at radius 2 is 2.05 bits per heavy atom. The molecule has 0 N–H and O–H groups in total. The molecule has 1 unspecified atom stereocenters. The third kappa shape index (κ3) is 2.08. The topological polar surface area (TPSA) is 46.1 Å². The number of carbonyl (C=O) groups is 1. The van der Waals surface area contributed by atoms with E-state index in [0.29, 0.717) is 10.6 Å². The number of benzene rings is 1. The van der Waals surface area contributed by atoms with Gasteiger partial charge in [-0.15, -0.1) is 0 Å². The molecule has 0 radical (unpaired) electrons. The molecule has 4 nitrogen and oxygen atoms in total. The summed E-state index contributed by atoms with van der Waals surface area (Å²) in [7, 11) is 0. The molecule has 0 bridgehead atoms. The first-order chi connectivity index (χ1) is 9.16. The van der Waals surface area contributed by atoms with Gasteiger partial charge in [0.1, 0.15) is 6.33 Å². The van der Waals surface area contributed by atoms with E-state index in [1.165, 1.54) is 6.33 Å². The van der Waals surface area contributed by atoms with Gasteiger partial charge in [-0.3, -0.25) is 4.79 Å². The zero-order chi connectivity index (χ0) is 13.4. The molecular weight excluding hydrogens is 262 g/mol. The SMILES string of the molecule is CC1Cc2cc(Cl)ccc2C(=O)N1c1cncnc1. The fourth-order valence-corrected chi connectivity index (χ4v) is 2.66. The molecule has 2 aromatic rings. The van der Waals surface area contributed by atoms with Crippen molar-refractivity contribution in [1.29, 1.82) is 0 Å². The van der Waals surface area contributed by atoms with Crippen molar-refractivity contribution in [1.82, 2.24) is 9.97 Å². The van der Waals surface area contributed by atoms with Crippen LogP contribution in [0.2, 0.25) is 5.02 Å². The average Bonchev–Trinajstić information content (AvgIpc) is 2.39. The van der Waals surface area contributed by atoms with Gasteiger partial charge in [0.05, 0.1) is 18.1 Å². The van der Waals surface area contributed by atoms with E-state index in [9.17, 15) is 4.79 Å². The number of halogens is 1. The Labute approximate surface area is 116 Å². The van der Waals surface area contributed by atoms with Crippen molar-refractivity contribution < 1.29 is 4.79 Å². The van der Waals surface area contributed by atoms with Crippen LogP contribution in [0.5, 0.6) is 0 Å². The van der Waals surface area contributed by atoms with Crippen molar-refractivity contribution in [2.24, 2.45) is 0 Å². The van der Waals surface area contributed by atoms with Crippen LogP contribution in [0, 0.1) is 0 Å². The largest absolute Gasteiger partial charge is 0.302 e. The molecular formula is C14H12ClN3O. The number of anilines is 1. The maximum absolute atomic E-state index is 12.6. The van der Waals surface area contributed by atoms with Crippen molar-refractivity contribution in [3.63, 3.8) is 0 Å². The highest BCUT2D eigenvalue weighted by atomic mass is 35.5. The van der Waals surface area contributed by atoms with E-state index in [0.717, 1.165) is 17.7 Å². The highest BCUT2D eigenvalue weighted by Crippen LogP contribution is 2.29. The number of carbonyl (C=O) groups excluding carboxylic acids is 1. The van der Waals surface area contributed by atoms with Crippen LogP contribution >= 0.6 is 11.6 Å². The molecule has 96 valence electrons. The summed E-state index contributed by atoms with van der Waals surface area (Å²) >= 11 is 5.98. The van der Waals surface area contributed by atoms with Crippen LogP contribution in [0.4, 0.5) is 5.69 Å². The second-order valence-electron chi connectivity index (χ2n) is 4.63. The smallest absolute Gasteiger partial charge is 0.258 e. The first-order valence-electron chi connectivity index (χ1n) is 6.04. The van der Waals surface area contributed by atoms with Gasteiger partial charge in [-0.25, -0.2) is 9.97 Å². The maximum atomic E-state index is 12.6. The molecule has 0 fully saturated rings. The number of rotatable bonds is 1. The summed E-state index contributed by atoms with van der Waals surface area (Å²) in [5, 5.41) is 0.662. The van der Waals surface area contributed by atoms with Crippen molar-refractivity contribution in [2.45, 2.75) is 19.4 Å². The van der Waals surface area contributed by atoms with Gasteiger partial charge in [-0.2, -0.15) is 0 Å². The normalized spacial score (nSPS) is 18.3. The first kappa shape index (κ1) is 12.1. The van der Waals surface area contributed by atoms with E-state index in [1.807, 2.05) is 13.0 Å². The van der Waals surface area contributed by atoms with Gasteiger partial charge in [-0.1, -0.05) is 11.6 Å². The number of nitrogens with zero attached hydrogens (tertiary/aromatic N) is 3. The zero-order valence-electron chi connectivity index (χ0n) is 10.4. The number of hydrogen-bond acceptors (Lipinski definition) is 3. The molecule has 1 atom stereocenters. The van der Waals surface area contributed by atoms with Gasteiger partial charge in [0.15, 0.2) is 0 Å². The first-order valence-corrected chi connectivity index (χ1v) is 6.41. The molecule has 1 amide bonds. The summed E-state index contributed by atoms with van der Waals surface area (Å²) in [5.74, 6) is -0.0276. The van der Waals surface area contributed by atoms with Crippen LogP contribution < -0.4 is 4.90 Å². The number of fused-ring (bicyclic) bond motifs is 1. The minimum Gasteiger partial charge on any atom is -0.302 e. The zero-order valence-corrected chi connectivity index (χ0v) is 11.1. The maximum Gasteiger partial charge on any atom is 0.258 e. The second kappa shape index (κ2) is 4.63. The Balaban J connectivity index is 2.06. The monoisotopic (exact) mass is 273 g/mol. The quantitative estimate of drug-likeness (QED) is 0.803. The van der Waals surface area contributed by atoms with E-state index in [1.54, 1.807) is 29.4 Å². The summed E-state index contributed by atoms with van der Waals surface area (Å²) in [6.45, 7) is 2.01. The molecule has 19 heavy (non-hydrogen) atoms. The minimum absolute atomic E-state index is 0.0276. The predicted octanol–water partition coefficient (Wildman–Crippen LogP) is 2.72. The Morgan fingerprint density at radius 1 is 1.32 bits per heavy atom. The molecule has 0 aliphatic carbocycles. The standard InChI is InChI=1S/C14H12ClN3O/c1-9-4-10-5-11(15)2-3-13(10)14(19)18(9)12-6-16-8-17-7-12/h2-3,5-9H,4H2,1H3. The van der Waals surface area contributed by atoms with Crippen LogP contribution in [0.3, 0.4) is 0 Å². The lowest BCUT2D eigenvalue weighted by atomic mass is 9.94. The molecule has 1 aromatic carbocycles. The van der Waals surface area contributed by atoms with Gasteiger partial charge in [-0.05, 0) is 37.1 Å². The number of aromatic nitrogens is 2. The summed E-state index contributed by atoms with van der Waals surface area (Å²) in [5.41, 5.74) is 2.42. The summed E-state index contributed by atoms with van der Waals surface area (Å²) in [4.78, 5) is 22.2. The molecule has 1 aliphatic heterocycles. The van der Waals surface area contributed by atoms with Crippen molar-refractivity contribution >= 4 is 23.2 Å². The van der Waals surface area contributed by atoms with E-state index in [2.05, 4.69) is 9.97 Å². The minimum atomic E-state index is -0.0276. The highest BCUT2D eigenvalue weighted by molar-refractivity contribution is 6.30. The lowest BCUT2D eigenvalue weighted by Crippen LogP contribution is -2.44. The fourth-order valence-electron chi connectivity index (χ4n) is 2.47. The van der Waals surface area contributed by atoms with E-state index in [-0.39, 0.29) is 11.9 Å². The summed E-state index contributed by atoms with van der Waals surface area (Å²) in [6, 6.07) is 5.45. The van der Waals surface area contributed by atoms with E-state index >= 15 is 0 Å². The molecule has 1 aliphatic rings. The molecule has 3 rings (SSSR count). The molecule has 1 aromatic heterocycles. The molecule has 2 heterocycles. The van der Waals surface area contributed by atoms with Crippen LogP contribution in [0.1, 0.15) is 22.8 Å². The lowest BCUT2D eigenvalue weighted by molar-refractivity contribution is 0.0969. The second-order valence-corrected chi connectivity index (χ2v) is 5.06. The predicted molar refractivity (Wildman–Crippen MR) is 73.5 cm³/mol. The van der Waals surface area contributed by atoms with Crippen LogP contribution in [0.25, 0.3) is 0 Å². The molecule has 5 heteroatoms. The van der Waals surface area contributed by atoms with E-state index < -0.39 is 0 Å². The van der Waals surface area contributed by atoms with Gasteiger partial charge in [0, 0.05) is 16.6 Å². The van der Waals surface area contributed by atoms with E-state index in [4.69, 9.17) is 11.6 Å². The lowest BCUT2D eigenvalue weighted by Gasteiger charge is -2.34. The number of hydrogen-bond donors (Lipinski definition) is 0. The van der Waals surface area contributed by atoms with Gasteiger partial charge in [0.2, 0.25) is 0 Å². The number of amides is 1. The van der Waals surface area contributed by atoms with Crippen LogP contribution in [0.15, 0.2) is 36.9 Å². The Bertz CT molecular complexity index is 630. The van der Waals surface area contributed by atoms with Crippen LogP contribution in [-0.4, -0.2) is 21.9 Å². The third-order valence-electron chi connectivity index (χ3n) is 3.30. The Morgan fingerprint density at radius 3 is 2.79 bits per heavy atom. The summed E-state index contributed by atoms with van der Waals surface area (Å²) in [6.07, 6.45) is 5.54. The van der Waals surface area contributed by atoms with Gasteiger partial charge in [0.25, 0.3) is 5.91 Å². The van der Waals surface area contributed by atoms with Crippen molar-refractivity contribution in [3.8, 4) is 0 Å². The Hall–Kier alpha value is -1.94. The summed E-state index contributed by atoms with van der Waals surface area (Å²) < 4.78 is 0. The molecule has 0 spiro atoms. The molecule has 0 saturated carbocycles. The Kier molecular flexibility index (Phi) is 2.95.